The molecule has 2 aromatic carbocycles. The fourth-order valence-electron chi connectivity index (χ4n) is 2.20. The van der Waals surface area contributed by atoms with E-state index in [-0.39, 0.29) is 10.7 Å². The van der Waals surface area contributed by atoms with Crippen molar-refractivity contribution in [2.75, 3.05) is 15.9 Å². The second-order valence-corrected chi connectivity index (χ2v) is 7.46. The standard InChI is InChI=1S/C16H16ClFN2O3S/c1-11(16(21)19-12-8-9-15(18)14(17)10-12)20(24(2,22)23)13-6-4-3-5-7-13/h3-11H,1-2H3,(H,19,21)/t11-/m1/s1. The Labute approximate surface area is 145 Å². The Morgan fingerprint density at radius 3 is 2.38 bits per heavy atom. The molecule has 1 atom stereocenters. The summed E-state index contributed by atoms with van der Waals surface area (Å²) in [5.41, 5.74) is 0.652. The van der Waals surface area contributed by atoms with Gasteiger partial charge in [-0.2, -0.15) is 0 Å². The number of para-hydroxylation sites is 1. The van der Waals surface area contributed by atoms with Crippen molar-refractivity contribution in [2.45, 2.75) is 13.0 Å². The van der Waals surface area contributed by atoms with E-state index in [4.69, 9.17) is 11.6 Å². The summed E-state index contributed by atoms with van der Waals surface area (Å²) >= 11 is 5.68. The van der Waals surface area contributed by atoms with Crippen LogP contribution in [0.3, 0.4) is 0 Å². The summed E-state index contributed by atoms with van der Waals surface area (Å²) in [5, 5.41) is 2.40. The van der Waals surface area contributed by atoms with Crippen LogP contribution in [-0.2, 0) is 14.8 Å². The molecule has 0 saturated carbocycles. The van der Waals surface area contributed by atoms with Gasteiger partial charge >= 0.3 is 0 Å². The van der Waals surface area contributed by atoms with Crippen LogP contribution in [0.5, 0.6) is 0 Å². The molecule has 5 nitrogen and oxygen atoms in total. The molecule has 2 rings (SSSR count). The summed E-state index contributed by atoms with van der Waals surface area (Å²) in [6, 6.07) is 11.0. The van der Waals surface area contributed by atoms with Crippen molar-refractivity contribution in [2.24, 2.45) is 0 Å². The highest BCUT2D eigenvalue weighted by molar-refractivity contribution is 7.92. The molecule has 0 spiro atoms. The predicted octanol–water partition coefficient (Wildman–Crippen LogP) is 3.27. The fourth-order valence-corrected chi connectivity index (χ4v) is 3.56. The van der Waals surface area contributed by atoms with Crippen molar-refractivity contribution in [1.29, 1.82) is 0 Å². The zero-order chi connectivity index (χ0) is 17.9. The highest BCUT2D eigenvalue weighted by Gasteiger charge is 2.29. The molecule has 0 radical (unpaired) electrons. The summed E-state index contributed by atoms with van der Waals surface area (Å²) in [4.78, 5) is 12.4. The van der Waals surface area contributed by atoms with Crippen molar-refractivity contribution in [3.05, 3.63) is 59.4 Å². The van der Waals surface area contributed by atoms with Crippen LogP contribution in [0.2, 0.25) is 5.02 Å². The van der Waals surface area contributed by atoms with E-state index in [0.29, 0.717) is 5.69 Å². The normalized spacial score (nSPS) is 12.5. The van der Waals surface area contributed by atoms with Crippen LogP contribution >= 0.6 is 11.6 Å². The van der Waals surface area contributed by atoms with E-state index in [1.165, 1.54) is 19.1 Å². The van der Waals surface area contributed by atoms with Crippen molar-refractivity contribution < 1.29 is 17.6 Å². The maximum absolute atomic E-state index is 13.2. The lowest BCUT2D eigenvalue weighted by atomic mass is 10.2. The number of carbonyl (C=O) groups is 1. The van der Waals surface area contributed by atoms with E-state index >= 15 is 0 Å². The first kappa shape index (κ1) is 18.2. The first-order valence-electron chi connectivity index (χ1n) is 7.00. The third kappa shape index (κ3) is 4.24. The monoisotopic (exact) mass is 370 g/mol. The Kier molecular flexibility index (Phi) is 5.46. The smallest absolute Gasteiger partial charge is 0.247 e. The molecule has 24 heavy (non-hydrogen) atoms. The van der Waals surface area contributed by atoms with Crippen LogP contribution in [0.1, 0.15) is 6.92 Å². The van der Waals surface area contributed by atoms with Gasteiger partial charge < -0.3 is 5.32 Å². The van der Waals surface area contributed by atoms with Gasteiger partial charge in [0.2, 0.25) is 15.9 Å². The Hall–Kier alpha value is -2.12. The number of benzene rings is 2. The molecule has 0 aliphatic heterocycles. The molecule has 0 unspecified atom stereocenters. The topological polar surface area (TPSA) is 66.5 Å². The number of amides is 1. The van der Waals surface area contributed by atoms with Gasteiger partial charge in [-0.05, 0) is 37.3 Å². The minimum Gasteiger partial charge on any atom is -0.324 e. The van der Waals surface area contributed by atoms with Crippen molar-refractivity contribution in [3.63, 3.8) is 0 Å². The Bertz CT molecular complexity index is 844. The summed E-state index contributed by atoms with van der Waals surface area (Å²) < 4.78 is 38.4. The van der Waals surface area contributed by atoms with Crippen LogP contribution in [0.25, 0.3) is 0 Å². The van der Waals surface area contributed by atoms with Gasteiger partial charge in [0.1, 0.15) is 11.9 Å². The van der Waals surface area contributed by atoms with E-state index in [2.05, 4.69) is 5.32 Å². The van der Waals surface area contributed by atoms with Gasteiger partial charge in [0, 0.05) is 5.69 Å². The number of anilines is 2. The molecular weight excluding hydrogens is 355 g/mol. The number of sulfonamides is 1. The molecule has 0 bridgehead atoms. The second-order valence-electron chi connectivity index (χ2n) is 5.19. The largest absolute Gasteiger partial charge is 0.324 e. The zero-order valence-electron chi connectivity index (χ0n) is 13.0. The molecule has 0 aromatic heterocycles. The summed E-state index contributed by atoms with van der Waals surface area (Å²) in [6.45, 7) is 1.47. The third-order valence-corrected chi connectivity index (χ3v) is 4.82. The lowest BCUT2D eigenvalue weighted by Gasteiger charge is -2.28. The number of hydrogen-bond donors (Lipinski definition) is 1. The van der Waals surface area contributed by atoms with Crippen molar-refractivity contribution in [1.82, 2.24) is 0 Å². The summed E-state index contributed by atoms with van der Waals surface area (Å²) in [6.07, 6.45) is 1.03. The molecule has 1 amide bonds. The van der Waals surface area contributed by atoms with Crippen molar-refractivity contribution in [3.8, 4) is 0 Å². The summed E-state index contributed by atoms with van der Waals surface area (Å²) in [7, 11) is -3.68. The van der Waals surface area contributed by atoms with Crippen LogP contribution in [0.15, 0.2) is 48.5 Å². The van der Waals surface area contributed by atoms with Gasteiger partial charge in [0.15, 0.2) is 0 Å². The van der Waals surface area contributed by atoms with Crippen LogP contribution in [0, 0.1) is 5.82 Å². The number of nitrogens with one attached hydrogen (secondary N) is 1. The highest BCUT2D eigenvalue weighted by atomic mass is 35.5. The maximum atomic E-state index is 13.2. The minimum atomic E-state index is -3.68. The Morgan fingerprint density at radius 1 is 1.21 bits per heavy atom. The lowest BCUT2D eigenvalue weighted by molar-refractivity contribution is -0.116. The molecule has 0 saturated heterocycles. The van der Waals surface area contributed by atoms with Crippen LogP contribution in [-0.4, -0.2) is 26.6 Å². The van der Waals surface area contributed by atoms with E-state index in [1.54, 1.807) is 30.3 Å². The number of nitrogens with zero attached hydrogens (tertiary/aromatic N) is 1. The van der Waals surface area contributed by atoms with E-state index in [9.17, 15) is 17.6 Å². The third-order valence-electron chi connectivity index (χ3n) is 3.29. The van der Waals surface area contributed by atoms with Gasteiger partial charge in [-0.1, -0.05) is 29.8 Å². The van der Waals surface area contributed by atoms with Crippen molar-refractivity contribution >= 4 is 38.9 Å². The quantitative estimate of drug-likeness (QED) is 0.878. The number of rotatable bonds is 5. The predicted molar refractivity (Wildman–Crippen MR) is 93.3 cm³/mol. The molecule has 0 heterocycles. The molecule has 1 N–H and O–H groups in total. The Balaban J connectivity index is 2.27. The van der Waals surface area contributed by atoms with Gasteiger partial charge in [0.25, 0.3) is 0 Å². The second kappa shape index (κ2) is 7.19. The Morgan fingerprint density at radius 2 is 1.83 bits per heavy atom. The van der Waals surface area contributed by atoms with E-state index in [0.717, 1.165) is 16.6 Å². The minimum absolute atomic E-state index is 0.136. The summed E-state index contributed by atoms with van der Waals surface area (Å²) in [5.74, 6) is -1.17. The molecule has 0 aliphatic carbocycles. The van der Waals surface area contributed by atoms with Gasteiger partial charge in [0.05, 0.1) is 17.0 Å². The lowest BCUT2D eigenvalue weighted by Crippen LogP contribution is -2.45. The fraction of sp³-hybridized carbons (Fsp3) is 0.188. The first-order chi connectivity index (χ1) is 11.2. The number of carbonyl (C=O) groups excluding carboxylic acids is 1. The van der Waals surface area contributed by atoms with E-state index in [1.807, 2.05) is 0 Å². The van der Waals surface area contributed by atoms with E-state index < -0.39 is 27.8 Å². The SMILES string of the molecule is C[C@H](C(=O)Nc1ccc(F)c(Cl)c1)N(c1ccccc1)S(C)(=O)=O. The van der Waals surface area contributed by atoms with Gasteiger partial charge in [-0.15, -0.1) is 0 Å². The number of halogens is 2. The maximum Gasteiger partial charge on any atom is 0.247 e. The van der Waals surface area contributed by atoms with Crippen LogP contribution in [0.4, 0.5) is 15.8 Å². The number of hydrogen-bond acceptors (Lipinski definition) is 3. The first-order valence-corrected chi connectivity index (χ1v) is 9.23. The molecule has 128 valence electrons. The zero-order valence-corrected chi connectivity index (χ0v) is 14.6. The van der Waals surface area contributed by atoms with Gasteiger partial charge in [-0.25, -0.2) is 12.8 Å². The average Bonchev–Trinajstić information content (AvgIpc) is 2.50. The molecule has 0 aliphatic rings. The molecular formula is C16H16ClFN2O3S. The molecule has 0 fully saturated rings. The average molecular weight is 371 g/mol. The van der Waals surface area contributed by atoms with Crippen LogP contribution < -0.4 is 9.62 Å². The molecule has 2 aromatic rings. The molecule has 8 heteroatoms. The van der Waals surface area contributed by atoms with Gasteiger partial charge in [-0.3, -0.25) is 9.10 Å². The highest BCUT2D eigenvalue weighted by Crippen LogP contribution is 2.23.